The molecule has 0 aliphatic heterocycles. The number of nitrogens with zero attached hydrogens (tertiary/aromatic N) is 2. The number of hydrogen-bond acceptors (Lipinski definition) is 4. The molecule has 106 valence electrons. The third-order valence-electron chi connectivity index (χ3n) is 2.67. The minimum absolute atomic E-state index is 0.0726. The van der Waals surface area contributed by atoms with Crippen LogP contribution in [0.15, 0.2) is 39.7 Å². The van der Waals surface area contributed by atoms with Gasteiger partial charge in [0.15, 0.2) is 0 Å². The fourth-order valence-corrected chi connectivity index (χ4v) is 2.35. The summed E-state index contributed by atoms with van der Waals surface area (Å²) in [4.78, 5) is 11.9. The Balaban J connectivity index is 2.14. The van der Waals surface area contributed by atoms with Gasteiger partial charge in [-0.15, -0.1) is 0 Å². The van der Waals surface area contributed by atoms with Gasteiger partial charge in [-0.1, -0.05) is 39.7 Å². The normalized spacial score (nSPS) is 10.6. The molecule has 1 aromatic heterocycles. The van der Waals surface area contributed by atoms with Crippen LogP contribution in [0.5, 0.6) is 0 Å². The minimum Gasteiger partial charge on any atom is -0.394 e. The van der Waals surface area contributed by atoms with Crippen molar-refractivity contribution in [2.75, 3.05) is 11.9 Å². The summed E-state index contributed by atoms with van der Waals surface area (Å²) in [5.74, 6) is 0. The Bertz CT molecular complexity index is 660. The van der Waals surface area contributed by atoms with Gasteiger partial charge in [0.2, 0.25) is 0 Å². The van der Waals surface area contributed by atoms with Crippen molar-refractivity contribution in [3.05, 3.63) is 55.9 Å². The zero-order valence-electron chi connectivity index (χ0n) is 10.5. The number of hydrogen-bond donors (Lipinski definition) is 2. The fraction of sp³-hybridized carbons (Fsp3) is 0.231. The Labute approximate surface area is 129 Å². The molecule has 0 aliphatic carbocycles. The molecule has 1 aromatic carbocycles. The third kappa shape index (κ3) is 3.59. The van der Waals surface area contributed by atoms with E-state index in [0.717, 1.165) is 14.7 Å². The first-order valence-corrected chi connectivity index (χ1v) is 7.13. The highest BCUT2D eigenvalue weighted by Gasteiger charge is 2.08. The number of aliphatic hydroxyl groups excluding tert-OH is 1. The highest BCUT2D eigenvalue weighted by molar-refractivity contribution is 9.10. The highest BCUT2D eigenvalue weighted by Crippen LogP contribution is 2.17. The smallest absolute Gasteiger partial charge is 0.287 e. The monoisotopic (exact) mass is 357 g/mol. The van der Waals surface area contributed by atoms with Gasteiger partial charge in [-0.25, -0.2) is 4.68 Å². The Morgan fingerprint density at radius 2 is 2.25 bits per heavy atom. The van der Waals surface area contributed by atoms with E-state index in [1.165, 1.54) is 6.20 Å². The SMILES string of the molecule is O=c1c(Cl)c(NCc2cccc(Br)c2)cnn1CCO. The molecule has 2 rings (SSSR count). The van der Waals surface area contributed by atoms with Crippen LogP contribution in [0, 0.1) is 0 Å². The molecule has 0 saturated heterocycles. The van der Waals surface area contributed by atoms with Gasteiger partial charge < -0.3 is 10.4 Å². The zero-order valence-corrected chi connectivity index (χ0v) is 12.9. The fourth-order valence-electron chi connectivity index (χ4n) is 1.69. The van der Waals surface area contributed by atoms with Crippen LogP contribution >= 0.6 is 27.5 Å². The summed E-state index contributed by atoms with van der Waals surface area (Å²) in [6.45, 7) is 0.503. The van der Waals surface area contributed by atoms with Crippen LogP contribution in [0.25, 0.3) is 0 Å². The van der Waals surface area contributed by atoms with E-state index in [0.29, 0.717) is 12.2 Å². The van der Waals surface area contributed by atoms with Gasteiger partial charge in [0.05, 0.1) is 25.0 Å². The molecule has 0 amide bonds. The van der Waals surface area contributed by atoms with Gasteiger partial charge in [-0.2, -0.15) is 5.10 Å². The molecule has 0 fully saturated rings. The molecule has 20 heavy (non-hydrogen) atoms. The van der Waals surface area contributed by atoms with Crippen LogP contribution in [0.2, 0.25) is 5.02 Å². The van der Waals surface area contributed by atoms with Crippen molar-refractivity contribution in [3.63, 3.8) is 0 Å². The van der Waals surface area contributed by atoms with Crippen molar-refractivity contribution in [3.8, 4) is 0 Å². The third-order valence-corrected chi connectivity index (χ3v) is 3.53. The average Bonchev–Trinajstić information content (AvgIpc) is 2.43. The molecular formula is C13H13BrClN3O2. The van der Waals surface area contributed by atoms with E-state index in [4.69, 9.17) is 16.7 Å². The highest BCUT2D eigenvalue weighted by atomic mass is 79.9. The Morgan fingerprint density at radius 1 is 1.45 bits per heavy atom. The first-order valence-electron chi connectivity index (χ1n) is 5.96. The van der Waals surface area contributed by atoms with Crippen LogP contribution in [0.1, 0.15) is 5.56 Å². The maximum Gasteiger partial charge on any atom is 0.287 e. The van der Waals surface area contributed by atoms with E-state index in [-0.39, 0.29) is 18.2 Å². The molecule has 0 radical (unpaired) electrons. The lowest BCUT2D eigenvalue weighted by atomic mass is 10.2. The molecule has 5 nitrogen and oxygen atoms in total. The topological polar surface area (TPSA) is 67.2 Å². The van der Waals surface area contributed by atoms with Crippen LogP contribution in [0.3, 0.4) is 0 Å². The first-order chi connectivity index (χ1) is 9.61. The molecule has 1 heterocycles. The van der Waals surface area contributed by atoms with Crippen molar-refractivity contribution in [1.82, 2.24) is 9.78 Å². The Kier molecular flexibility index (Phi) is 5.17. The molecule has 0 spiro atoms. The number of aromatic nitrogens is 2. The number of rotatable bonds is 5. The van der Waals surface area contributed by atoms with E-state index in [2.05, 4.69) is 26.3 Å². The van der Waals surface area contributed by atoms with Gasteiger partial charge in [0, 0.05) is 11.0 Å². The van der Waals surface area contributed by atoms with Crippen molar-refractivity contribution < 1.29 is 5.11 Å². The summed E-state index contributed by atoms with van der Waals surface area (Å²) in [5, 5.41) is 15.9. The molecule has 0 atom stereocenters. The lowest BCUT2D eigenvalue weighted by Gasteiger charge is -2.10. The first kappa shape index (κ1) is 15.0. The van der Waals surface area contributed by atoms with Crippen molar-refractivity contribution in [1.29, 1.82) is 0 Å². The average molecular weight is 359 g/mol. The maximum absolute atomic E-state index is 11.9. The van der Waals surface area contributed by atoms with E-state index >= 15 is 0 Å². The molecule has 2 aromatic rings. The Morgan fingerprint density at radius 3 is 2.95 bits per heavy atom. The second kappa shape index (κ2) is 6.88. The molecule has 0 bridgehead atoms. The number of nitrogens with one attached hydrogen (secondary N) is 1. The second-order valence-corrected chi connectivity index (χ2v) is 5.40. The zero-order chi connectivity index (χ0) is 14.5. The van der Waals surface area contributed by atoms with Gasteiger partial charge in [-0.05, 0) is 17.7 Å². The van der Waals surface area contributed by atoms with Crippen LogP contribution in [-0.2, 0) is 13.1 Å². The number of aliphatic hydroxyl groups is 1. The predicted molar refractivity (Wildman–Crippen MR) is 82.1 cm³/mol. The summed E-state index contributed by atoms with van der Waals surface area (Å²) in [5.41, 5.74) is 1.11. The van der Waals surface area contributed by atoms with E-state index in [1.54, 1.807) is 0 Å². The van der Waals surface area contributed by atoms with E-state index in [9.17, 15) is 4.79 Å². The summed E-state index contributed by atoms with van der Waals surface area (Å²) >= 11 is 9.40. The van der Waals surface area contributed by atoms with Crippen molar-refractivity contribution >= 4 is 33.2 Å². The quantitative estimate of drug-likeness (QED) is 0.860. The number of anilines is 1. The van der Waals surface area contributed by atoms with Crippen molar-refractivity contribution in [2.45, 2.75) is 13.1 Å². The van der Waals surface area contributed by atoms with Gasteiger partial charge >= 0.3 is 0 Å². The Hall–Kier alpha value is -1.37. The van der Waals surface area contributed by atoms with E-state index < -0.39 is 5.56 Å². The predicted octanol–water partition coefficient (Wildman–Crippen LogP) is 2.26. The summed E-state index contributed by atoms with van der Waals surface area (Å²) in [7, 11) is 0. The standard InChI is InChI=1S/C13H13BrClN3O2/c14-10-3-1-2-9(6-10)7-16-11-8-17-18(4-5-19)13(20)12(11)15/h1-3,6,8,16,19H,4-5,7H2. The lowest BCUT2D eigenvalue weighted by molar-refractivity contribution is 0.266. The molecule has 7 heteroatoms. The summed E-state index contributed by atoms with van der Waals surface area (Å²) < 4.78 is 2.12. The number of benzene rings is 1. The maximum atomic E-state index is 11.9. The lowest BCUT2D eigenvalue weighted by Crippen LogP contribution is -2.25. The molecule has 0 saturated carbocycles. The molecule has 0 unspecified atom stereocenters. The largest absolute Gasteiger partial charge is 0.394 e. The summed E-state index contributed by atoms with van der Waals surface area (Å²) in [6, 6.07) is 7.81. The van der Waals surface area contributed by atoms with Crippen LogP contribution < -0.4 is 10.9 Å². The number of halogens is 2. The van der Waals surface area contributed by atoms with Gasteiger partial charge in [0.25, 0.3) is 5.56 Å². The van der Waals surface area contributed by atoms with Crippen LogP contribution in [0.4, 0.5) is 5.69 Å². The molecule has 0 aliphatic rings. The van der Waals surface area contributed by atoms with Crippen LogP contribution in [-0.4, -0.2) is 21.5 Å². The van der Waals surface area contributed by atoms with E-state index in [1.807, 2.05) is 24.3 Å². The second-order valence-electron chi connectivity index (χ2n) is 4.11. The minimum atomic E-state index is -0.417. The van der Waals surface area contributed by atoms with Crippen molar-refractivity contribution in [2.24, 2.45) is 0 Å². The van der Waals surface area contributed by atoms with Gasteiger partial charge in [-0.3, -0.25) is 4.79 Å². The van der Waals surface area contributed by atoms with Gasteiger partial charge in [0.1, 0.15) is 5.02 Å². The summed E-state index contributed by atoms with van der Waals surface area (Å²) in [6.07, 6.45) is 1.48. The molecular weight excluding hydrogens is 346 g/mol. The molecule has 2 N–H and O–H groups in total.